The van der Waals surface area contributed by atoms with Gasteiger partial charge in [-0.3, -0.25) is 19.3 Å². The van der Waals surface area contributed by atoms with Crippen LogP contribution >= 0.6 is 0 Å². The Bertz CT molecular complexity index is 1310. The topological polar surface area (TPSA) is 96.4 Å². The smallest absolute Gasteiger partial charge is 0.304 e. The highest BCUT2D eigenvalue weighted by Gasteiger charge is 2.52. The van der Waals surface area contributed by atoms with E-state index in [-0.39, 0.29) is 54.9 Å². The molecular formula is C32H41FN2O6Si. The van der Waals surface area contributed by atoms with Crippen molar-refractivity contribution in [3.05, 3.63) is 65.2 Å². The molecule has 10 heteroatoms. The van der Waals surface area contributed by atoms with Crippen LogP contribution in [-0.4, -0.2) is 67.3 Å². The van der Waals surface area contributed by atoms with E-state index in [0.29, 0.717) is 31.5 Å². The van der Waals surface area contributed by atoms with Crippen LogP contribution in [0.3, 0.4) is 0 Å². The van der Waals surface area contributed by atoms with E-state index in [9.17, 15) is 19.5 Å². The number of ether oxygens (including phenoxy) is 2. The van der Waals surface area contributed by atoms with Crippen molar-refractivity contribution in [1.29, 1.82) is 0 Å². The fourth-order valence-corrected chi connectivity index (χ4v) is 9.57. The molecule has 1 N–H and O–H groups in total. The Hall–Kier alpha value is -3.08. The van der Waals surface area contributed by atoms with E-state index in [0.717, 1.165) is 16.7 Å². The molecule has 5 rings (SSSR count). The molecular weight excluding hydrogens is 555 g/mol. The van der Waals surface area contributed by atoms with Gasteiger partial charge < -0.3 is 23.6 Å². The molecule has 3 aliphatic rings. The molecule has 0 aromatic heterocycles. The SMILES string of the molecule is CC(=O)OC1CC(=O)N1c1ccc(CC[C@H]2O[C@@H](CC(=O)N3Cc4ccccc4C[C@H]3CO)[C@H]([Si](C)(C)F)[C@H]2C)cc1. The summed E-state index contributed by atoms with van der Waals surface area (Å²) in [5, 5.41) is 10.0. The summed E-state index contributed by atoms with van der Waals surface area (Å²) >= 11 is 0. The summed E-state index contributed by atoms with van der Waals surface area (Å²) in [6.45, 7) is 7.08. The highest BCUT2D eigenvalue weighted by molar-refractivity contribution is 6.72. The number of amides is 2. The minimum atomic E-state index is -3.16. The molecule has 0 aliphatic carbocycles. The number of carbonyl (C=O) groups is 3. The molecule has 42 heavy (non-hydrogen) atoms. The van der Waals surface area contributed by atoms with E-state index < -0.39 is 26.7 Å². The highest BCUT2D eigenvalue weighted by Crippen LogP contribution is 2.47. The van der Waals surface area contributed by atoms with Gasteiger partial charge in [-0.1, -0.05) is 43.3 Å². The number of fused-ring (bicyclic) bond motifs is 1. The summed E-state index contributed by atoms with van der Waals surface area (Å²) in [5.41, 5.74) is 3.65. The number of rotatable bonds is 9. The van der Waals surface area contributed by atoms with Crippen LogP contribution < -0.4 is 4.90 Å². The Morgan fingerprint density at radius 1 is 1.07 bits per heavy atom. The van der Waals surface area contributed by atoms with E-state index >= 15 is 4.11 Å². The number of aliphatic hydroxyl groups is 1. The summed E-state index contributed by atoms with van der Waals surface area (Å²) in [6.07, 6.45) is 1.02. The van der Waals surface area contributed by atoms with Gasteiger partial charge in [0.1, 0.15) is 0 Å². The van der Waals surface area contributed by atoms with E-state index in [1.807, 2.05) is 55.5 Å². The van der Waals surface area contributed by atoms with Gasteiger partial charge in [-0.05, 0) is 67.1 Å². The van der Waals surface area contributed by atoms with Crippen molar-refractivity contribution < 1.29 is 33.1 Å². The first-order valence-corrected chi connectivity index (χ1v) is 17.8. The van der Waals surface area contributed by atoms with Gasteiger partial charge in [0, 0.05) is 24.7 Å². The Labute approximate surface area is 248 Å². The second-order valence-corrected chi connectivity index (χ2v) is 16.2. The maximum atomic E-state index is 15.7. The Morgan fingerprint density at radius 3 is 2.38 bits per heavy atom. The van der Waals surface area contributed by atoms with Crippen LogP contribution in [0.5, 0.6) is 0 Å². The summed E-state index contributed by atoms with van der Waals surface area (Å²) in [5.74, 6) is -0.654. The number of hydrogen-bond donors (Lipinski definition) is 1. The van der Waals surface area contributed by atoms with Crippen molar-refractivity contribution in [2.75, 3.05) is 11.5 Å². The van der Waals surface area contributed by atoms with E-state index in [2.05, 4.69) is 0 Å². The van der Waals surface area contributed by atoms with Crippen molar-refractivity contribution in [3.8, 4) is 0 Å². The Morgan fingerprint density at radius 2 is 1.76 bits per heavy atom. The summed E-state index contributed by atoms with van der Waals surface area (Å²) < 4.78 is 27.4. The van der Waals surface area contributed by atoms with Gasteiger partial charge in [-0.25, -0.2) is 0 Å². The molecule has 2 amide bonds. The van der Waals surface area contributed by atoms with Crippen molar-refractivity contribution in [3.63, 3.8) is 0 Å². The molecule has 6 atom stereocenters. The molecule has 0 bridgehead atoms. The second kappa shape index (κ2) is 12.3. The lowest BCUT2D eigenvalue weighted by Gasteiger charge is -2.39. The predicted octanol–water partition coefficient (Wildman–Crippen LogP) is 4.53. The summed E-state index contributed by atoms with van der Waals surface area (Å²) in [4.78, 5) is 40.2. The number of hydrogen-bond acceptors (Lipinski definition) is 6. The van der Waals surface area contributed by atoms with Crippen LogP contribution in [0.25, 0.3) is 0 Å². The normalized spacial score (nSPS) is 27.4. The second-order valence-electron chi connectivity index (χ2n) is 12.4. The molecule has 0 saturated carbocycles. The van der Waals surface area contributed by atoms with Gasteiger partial charge in [0.2, 0.25) is 20.2 Å². The quantitative estimate of drug-likeness (QED) is 0.198. The van der Waals surface area contributed by atoms with Crippen molar-refractivity contribution in [2.24, 2.45) is 5.92 Å². The third kappa shape index (κ3) is 6.30. The van der Waals surface area contributed by atoms with Crippen molar-refractivity contribution >= 4 is 31.9 Å². The minimum Gasteiger partial charge on any atom is -0.441 e. The van der Waals surface area contributed by atoms with Crippen molar-refractivity contribution in [1.82, 2.24) is 4.90 Å². The number of carbonyl (C=O) groups excluding carboxylic acids is 3. The highest BCUT2D eigenvalue weighted by atomic mass is 28.4. The lowest BCUT2D eigenvalue weighted by Crippen LogP contribution is -2.54. The first kappa shape index (κ1) is 30.4. The fourth-order valence-electron chi connectivity index (χ4n) is 7.02. The maximum Gasteiger partial charge on any atom is 0.304 e. The molecule has 3 heterocycles. The summed E-state index contributed by atoms with van der Waals surface area (Å²) in [7, 11) is -3.16. The maximum absolute atomic E-state index is 15.7. The molecule has 3 aliphatic heterocycles. The number of benzene rings is 2. The van der Waals surface area contributed by atoms with Gasteiger partial charge in [0.15, 0.2) is 6.23 Å². The van der Waals surface area contributed by atoms with Crippen LogP contribution in [-0.2, 0) is 43.2 Å². The number of aliphatic hydroxyl groups excluding tert-OH is 1. The molecule has 2 fully saturated rings. The average Bonchev–Trinajstić information content (AvgIpc) is 3.25. The number of aryl methyl sites for hydroxylation is 1. The predicted molar refractivity (Wildman–Crippen MR) is 159 cm³/mol. The fraction of sp³-hybridized carbons (Fsp3) is 0.531. The standard InChI is InChI=1S/C32H41FN2O6Si/c1-20-27(14-11-22-9-12-25(13-10-22)35-30(39)17-31(35)40-21(2)37)41-28(32(20)42(3,4)33)16-29(38)34-18-24-8-6-5-7-23(24)15-26(34)19-36/h5-10,12-13,20,26-28,31-32,36H,11,14-19H2,1-4H3/t20-,26-,27+,28-,31?,32+/m0/s1. The number of β-lactam (4-membered cyclic amide) rings is 1. The zero-order valence-electron chi connectivity index (χ0n) is 24.8. The number of anilines is 1. The van der Waals surface area contributed by atoms with Crippen LogP contribution in [0.2, 0.25) is 18.6 Å². The van der Waals surface area contributed by atoms with Crippen molar-refractivity contribution in [2.45, 2.75) is 95.6 Å². The molecule has 1 unspecified atom stereocenters. The van der Waals surface area contributed by atoms with Crippen LogP contribution in [0.15, 0.2) is 48.5 Å². The zero-order valence-corrected chi connectivity index (χ0v) is 25.8. The average molecular weight is 597 g/mol. The Balaban J connectivity index is 1.23. The monoisotopic (exact) mass is 596 g/mol. The minimum absolute atomic E-state index is 0.0346. The summed E-state index contributed by atoms with van der Waals surface area (Å²) in [6, 6.07) is 15.3. The molecule has 2 saturated heterocycles. The molecule has 226 valence electrons. The van der Waals surface area contributed by atoms with Gasteiger partial charge >= 0.3 is 5.97 Å². The lowest BCUT2D eigenvalue weighted by molar-refractivity contribution is -0.154. The van der Waals surface area contributed by atoms with Gasteiger partial charge in [-0.2, -0.15) is 0 Å². The molecule has 8 nitrogen and oxygen atoms in total. The van der Waals surface area contributed by atoms with E-state index in [4.69, 9.17) is 9.47 Å². The zero-order chi connectivity index (χ0) is 30.2. The third-order valence-corrected chi connectivity index (χ3v) is 11.6. The molecule has 0 spiro atoms. The Kier molecular flexibility index (Phi) is 8.87. The van der Waals surface area contributed by atoms with Gasteiger partial charge in [0.05, 0.1) is 37.7 Å². The lowest BCUT2D eigenvalue weighted by atomic mass is 9.93. The van der Waals surface area contributed by atoms with E-state index in [1.165, 1.54) is 11.8 Å². The van der Waals surface area contributed by atoms with E-state index in [1.54, 1.807) is 18.0 Å². The number of nitrogens with zero attached hydrogens (tertiary/aromatic N) is 2. The molecule has 2 aromatic carbocycles. The molecule has 2 aromatic rings. The first-order valence-electron chi connectivity index (χ1n) is 14.9. The third-order valence-electron chi connectivity index (χ3n) is 9.10. The van der Waals surface area contributed by atoms with Gasteiger partial charge in [-0.15, -0.1) is 0 Å². The van der Waals surface area contributed by atoms with Gasteiger partial charge in [0.25, 0.3) is 0 Å². The van der Waals surface area contributed by atoms with Crippen LogP contribution in [0, 0.1) is 5.92 Å². The van der Waals surface area contributed by atoms with Crippen LogP contribution in [0.4, 0.5) is 9.80 Å². The molecule has 0 radical (unpaired) electrons. The number of halogens is 1. The number of esters is 1. The largest absolute Gasteiger partial charge is 0.441 e. The first-order chi connectivity index (χ1) is 20.0. The van der Waals surface area contributed by atoms with Crippen LogP contribution in [0.1, 0.15) is 49.8 Å².